The third-order valence-corrected chi connectivity index (χ3v) is 9.26. The number of carbonyl (C=O) groups is 1. The highest BCUT2D eigenvalue weighted by atomic mass is 79.9. The Kier molecular flexibility index (Phi) is 6.09. The van der Waals surface area contributed by atoms with E-state index in [-0.39, 0.29) is 23.4 Å². The average Bonchev–Trinajstić information content (AvgIpc) is 3.31. The Morgan fingerprint density at radius 3 is 2.47 bits per heavy atom. The van der Waals surface area contributed by atoms with Crippen LogP contribution in [0.25, 0.3) is 0 Å². The molecule has 0 spiro atoms. The average molecular weight is 535 g/mol. The molecule has 0 heterocycles. The number of carbonyl (C=O) groups excluding carboxylic acids is 1. The molecule has 1 aromatic carbocycles. The zero-order chi connectivity index (χ0) is 23.3. The lowest BCUT2D eigenvalue weighted by Gasteiger charge is -2.31. The molecular weight excluding hydrogens is 513 g/mol. The van der Waals surface area contributed by atoms with Crippen molar-refractivity contribution in [3.8, 4) is 6.07 Å². The SMILES string of the molecule is N#CC1(NC(=O)[C@H]2C[C@H](S(=O)(=O)c3ccc(Br)cc3C(F)(F)F)C[C@@H]2OC2CCC2)CC1. The van der Waals surface area contributed by atoms with Crippen molar-refractivity contribution in [3.05, 3.63) is 28.2 Å². The smallest absolute Gasteiger partial charge is 0.374 e. The maximum atomic E-state index is 13.6. The summed E-state index contributed by atoms with van der Waals surface area (Å²) in [5.41, 5.74) is -2.16. The molecule has 174 valence electrons. The molecule has 3 aliphatic rings. The highest BCUT2D eigenvalue weighted by Gasteiger charge is 2.51. The van der Waals surface area contributed by atoms with Crippen molar-refractivity contribution in [1.82, 2.24) is 5.32 Å². The maximum Gasteiger partial charge on any atom is 0.417 e. The Hall–Kier alpha value is -1.64. The van der Waals surface area contributed by atoms with Crippen LogP contribution < -0.4 is 5.32 Å². The fourth-order valence-corrected chi connectivity index (χ4v) is 6.62. The Balaban J connectivity index is 1.62. The molecule has 6 nitrogen and oxygen atoms in total. The Morgan fingerprint density at radius 1 is 1.25 bits per heavy atom. The summed E-state index contributed by atoms with van der Waals surface area (Å²) in [5.74, 6) is -1.32. The molecule has 1 amide bonds. The first-order chi connectivity index (χ1) is 14.9. The van der Waals surface area contributed by atoms with Gasteiger partial charge in [0.15, 0.2) is 9.84 Å². The molecule has 0 aromatic heterocycles. The molecule has 0 bridgehead atoms. The van der Waals surface area contributed by atoms with E-state index in [1.807, 2.05) is 0 Å². The quantitative estimate of drug-likeness (QED) is 0.591. The summed E-state index contributed by atoms with van der Waals surface area (Å²) in [6, 6.07) is 5.02. The molecule has 3 aliphatic carbocycles. The number of amides is 1. The van der Waals surface area contributed by atoms with Crippen LogP contribution in [0.1, 0.15) is 50.5 Å². The summed E-state index contributed by atoms with van der Waals surface area (Å²) in [7, 11) is -4.39. The first-order valence-corrected chi connectivity index (χ1v) is 12.8. The topological polar surface area (TPSA) is 96.3 Å². The molecule has 32 heavy (non-hydrogen) atoms. The summed E-state index contributed by atoms with van der Waals surface area (Å²) in [6.07, 6.45) is -2.26. The summed E-state index contributed by atoms with van der Waals surface area (Å²) in [4.78, 5) is 12.1. The maximum absolute atomic E-state index is 13.6. The highest BCUT2D eigenvalue weighted by Crippen LogP contribution is 2.43. The molecule has 0 unspecified atom stereocenters. The Labute approximate surface area is 192 Å². The van der Waals surface area contributed by atoms with E-state index in [9.17, 15) is 31.6 Å². The Bertz CT molecular complexity index is 1060. The number of benzene rings is 1. The molecule has 11 heteroatoms. The van der Waals surface area contributed by atoms with Gasteiger partial charge in [-0.05, 0) is 63.1 Å². The first kappa shape index (κ1) is 23.5. The fraction of sp³-hybridized carbons (Fsp3) is 0.619. The summed E-state index contributed by atoms with van der Waals surface area (Å²) in [6.45, 7) is 0. The number of alkyl halides is 3. The van der Waals surface area contributed by atoms with Crippen LogP contribution in [0, 0.1) is 17.2 Å². The van der Waals surface area contributed by atoms with Gasteiger partial charge in [0.1, 0.15) is 5.54 Å². The number of hydrogen-bond acceptors (Lipinski definition) is 5. The van der Waals surface area contributed by atoms with Gasteiger partial charge in [0.25, 0.3) is 0 Å². The monoisotopic (exact) mass is 534 g/mol. The van der Waals surface area contributed by atoms with E-state index in [0.717, 1.165) is 31.4 Å². The lowest BCUT2D eigenvalue weighted by Crippen LogP contribution is -2.43. The van der Waals surface area contributed by atoms with Crippen molar-refractivity contribution in [3.63, 3.8) is 0 Å². The third kappa shape index (κ3) is 4.54. The zero-order valence-corrected chi connectivity index (χ0v) is 19.4. The number of ether oxygens (including phenoxy) is 1. The van der Waals surface area contributed by atoms with Gasteiger partial charge in [-0.3, -0.25) is 4.79 Å². The summed E-state index contributed by atoms with van der Waals surface area (Å²) < 4.78 is 73.4. The molecule has 3 fully saturated rings. The molecule has 1 aromatic rings. The first-order valence-electron chi connectivity index (χ1n) is 10.4. The minimum atomic E-state index is -4.85. The molecule has 3 saturated carbocycles. The van der Waals surface area contributed by atoms with E-state index in [1.165, 1.54) is 6.07 Å². The second-order valence-electron chi connectivity index (χ2n) is 8.79. The molecule has 4 rings (SSSR count). The van der Waals surface area contributed by atoms with Crippen LogP contribution in [0.5, 0.6) is 0 Å². The van der Waals surface area contributed by atoms with Crippen molar-refractivity contribution >= 4 is 31.7 Å². The minimum absolute atomic E-state index is 0.0656. The normalized spacial score (nSPS) is 27.4. The predicted molar refractivity (Wildman–Crippen MR) is 111 cm³/mol. The van der Waals surface area contributed by atoms with Gasteiger partial charge < -0.3 is 10.1 Å². The number of rotatable bonds is 6. The number of nitrogens with zero attached hydrogens (tertiary/aromatic N) is 1. The molecular formula is C21H22BrF3N2O4S. The van der Waals surface area contributed by atoms with Crippen LogP contribution >= 0.6 is 15.9 Å². The van der Waals surface area contributed by atoms with Crippen molar-refractivity contribution in [2.45, 2.75) is 79.0 Å². The van der Waals surface area contributed by atoms with Gasteiger partial charge in [0, 0.05) is 4.47 Å². The lowest BCUT2D eigenvalue weighted by molar-refractivity contribution is -0.140. The van der Waals surface area contributed by atoms with Crippen LogP contribution in [-0.4, -0.2) is 37.3 Å². The summed E-state index contributed by atoms with van der Waals surface area (Å²) in [5, 5.41) is 10.8. The highest BCUT2D eigenvalue weighted by molar-refractivity contribution is 9.10. The molecule has 0 radical (unpaired) electrons. The number of nitriles is 1. The molecule has 0 aliphatic heterocycles. The van der Waals surface area contributed by atoms with E-state index < -0.39 is 55.2 Å². The van der Waals surface area contributed by atoms with Gasteiger partial charge >= 0.3 is 6.18 Å². The van der Waals surface area contributed by atoms with Crippen molar-refractivity contribution in [2.24, 2.45) is 5.92 Å². The zero-order valence-electron chi connectivity index (χ0n) is 17.0. The number of nitrogens with one attached hydrogen (secondary N) is 1. The second-order valence-corrected chi connectivity index (χ2v) is 11.9. The van der Waals surface area contributed by atoms with Gasteiger partial charge in [-0.1, -0.05) is 15.9 Å². The Morgan fingerprint density at radius 2 is 1.94 bits per heavy atom. The van der Waals surface area contributed by atoms with Gasteiger partial charge in [-0.2, -0.15) is 18.4 Å². The van der Waals surface area contributed by atoms with Crippen molar-refractivity contribution < 1.29 is 31.1 Å². The van der Waals surface area contributed by atoms with Crippen LogP contribution in [0.15, 0.2) is 27.6 Å². The second kappa shape index (κ2) is 8.29. The van der Waals surface area contributed by atoms with E-state index in [0.29, 0.717) is 12.8 Å². The van der Waals surface area contributed by atoms with Crippen LogP contribution in [0.4, 0.5) is 13.2 Å². The fourth-order valence-electron chi connectivity index (χ4n) is 4.26. The molecule has 1 N–H and O–H groups in total. The van der Waals surface area contributed by atoms with Crippen molar-refractivity contribution in [2.75, 3.05) is 0 Å². The predicted octanol–water partition coefficient (Wildman–Crippen LogP) is 4.13. The van der Waals surface area contributed by atoms with Crippen LogP contribution in [0.3, 0.4) is 0 Å². The standard InChI is InChI=1S/C21H22BrF3N2O4S/c22-12-4-5-18(16(8-12)21(23,24)25)32(29,30)14-9-15(17(10-14)31-13-2-1-3-13)19(28)27-20(11-26)6-7-20/h4-5,8,13-15,17H,1-3,6-7,9-10H2,(H,27,28)/t14-,15-,17-/m0/s1. The number of sulfone groups is 1. The van der Waals surface area contributed by atoms with Gasteiger partial charge in [-0.25, -0.2) is 8.42 Å². The van der Waals surface area contributed by atoms with E-state index in [1.54, 1.807) is 0 Å². The van der Waals surface area contributed by atoms with E-state index in [4.69, 9.17) is 4.74 Å². The van der Waals surface area contributed by atoms with E-state index in [2.05, 4.69) is 27.3 Å². The third-order valence-electron chi connectivity index (χ3n) is 6.54. The number of hydrogen-bond donors (Lipinski definition) is 1. The summed E-state index contributed by atoms with van der Waals surface area (Å²) >= 11 is 2.97. The largest absolute Gasteiger partial charge is 0.417 e. The van der Waals surface area contributed by atoms with Crippen LogP contribution in [-0.2, 0) is 25.5 Å². The van der Waals surface area contributed by atoms with Gasteiger partial charge in [-0.15, -0.1) is 0 Å². The van der Waals surface area contributed by atoms with Gasteiger partial charge in [0.05, 0.1) is 39.9 Å². The van der Waals surface area contributed by atoms with Gasteiger partial charge in [0.2, 0.25) is 5.91 Å². The number of halogens is 4. The molecule has 3 atom stereocenters. The van der Waals surface area contributed by atoms with E-state index >= 15 is 0 Å². The molecule has 0 saturated heterocycles. The van der Waals surface area contributed by atoms with Crippen LogP contribution in [0.2, 0.25) is 0 Å². The lowest BCUT2D eigenvalue weighted by atomic mass is 9.95. The van der Waals surface area contributed by atoms with Crippen molar-refractivity contribution in [1.29, 1.82) is 5.26 Å². The minimum Gasteiger partial charge on any atom is -0.374 e.